The Kier molecular flexibility index (Phi) is 8.01. The van der Waals surface area contributed by atoms with Gasteiger partial charge in [-0.25, -0.2) is 14.8 Å². The van der Waals surface area contributed by atoms with Crippen LogP contribution < -0.4 is 10.2 Å². The summed E-state index contributed by atoms with van der Waals surface area (Å²) in [5.41, 5.74) is 1.62. The number of guanidine groups is 1. The molecule has 0 bridgehead atoms. The van der Waals surface area contributed by atoms with Gasteiger partial charge in [-0.2, -0.15) is 4.37 Å². The lowest BCUT2D eigenvalue weighted by Gasteiger charge is -2.36. The maximum Gasteiger partial charge on any atom is 0.338 e. The molecule has 1 N–H and O–H groups in total. The van der Waals surface area contributed by atoms with E-state index in [1.54, 1.807) is 19.1 Å². The van der Waals surface area contributed by atoms with E-state index in [1.165, 1.54) is 11.5 Å². The number of anilines is 1. The first-order valence-corrected chi connectivity index (χ1v) is 11.3. The van der Waals surface area contributed by atoms with Crippen LogP contribution in [-0.2, 0) is 17.7 Å². The number of piperazine rings is 1. The summed E-state index contributed by atoms with van der Waals surface area (Å²) >= 11 is 1.48. The Labute approximate surface area is 182 Å². The summed E-state index contributed by atoms with van der Waals surface area (Å²) in [6.45, 7) is 11.3. The van der Waals surface area contributed by atoms with E-state index >= 15 is 0 Å². The molecule has 8 nitrogen and oxygen atoms in total. The lowest BCUT2D eigenvalue weighted by molar-refractivity contribution is 0.0526. The molecule has 9 heteroatoms. The Bertz CT molecular complexity index is 843. The minimum atomic E-state index is -0.291. The molecule has 2 heterocycles. The van der Waals surface area contributed by atoms with Crippen LogP contribution in [0.2, 0.25) is 0 Å². The second-order valence-electron chi connectivity index (χ2n) is 6.91. The third-order valence-electron chi connectivity index (χ3n) is 4.83. The summed E-state index contributed by atoms with van der Waals surface area (Å²) in [7, 11) is 0. The normalized spacial score (nSPS) is 14.7. The number of nitrogens with zero attached hydrogens (tertiary/aromatic N) is 5. The highest BCUT2D eigenvalue weighted by atomic mass is 32.1. The van der Waals surface area contributed by atoms with E-state index in [1.807, 2.05) is 12.1 Å². The fourth-order valence-corrected chi connectivity index (χ4v) is 3.98. The van der Waals surface area contributed by atoms with Crippen molar-refractivity contribution >= 4 is 28.6 Å². The standard InChI is InChI=1S/C21H30N6O2S/c1-4-18-24-21(30-25-18)27-13-11-26(12-14-27)20(22-5-2)23-15-16-7-9-17(10-8-16)19(28)29-6-3/h7-10H,4-6,11-15H2,1-3H3,(H,22,23). The average molecular weight is 431 g/mol. The number of aromatic nitrogens is 2. The number of esters is 1. The van der Waals surface area contributed by atoms with Crippen LogP contribution in [0.1, 0.15) is 42.5 Å². The molecular weight excluding hydrogens is 400 g/mol. The second kappa shape index (κ2) is 10.9. The van der Waals surface area contributed by atoms with Gasteiger partial charge >= 0.3 is 5.97 Å². The van der Waals surface area contributed by atoms with Crippen molar-refractivity contribution < 1.29 is 9.53 Å². The van der Waals surface area contributed by atoms with Crippen LogP contribution in [0.25, 0.3) is 0 Å². The summed E-state index contributed by atoms with van der Waals surface area (Å²) in [6, 6.07) is 7.44. The van der Waals surface area contributed by atoms with E-state index in [0.29, 0.717) is 18.7 Å². The van der Waals surface area contributed by atoms with Crippen molar-refractivity contribution in [1.29, 1.82) is 0 Å². The SMILES string of the molecule is CCNC(=NCc1ccc(C(=O)OCC)cc1)N1CCN(c2nc(CC)ns2)CC1. The van der Waals surface area contributed by atoms with Crippen molar-refractivity contribution in [2.75, 3.05) is 44.2 Å². The molecule has 162 valence electrons. The zero-order chi connectivity index (χ0) is 21.3. The van der Waals surface area contributed by atoms with E-state index in [4.69, 9.17) is 9.73 Å². The summed E-state index contributed by atoms with van der Waals surface area (Å²) in [5.74, 6) is 1.54. The van der Waals surface area contributed by atoms with Crippen LogP contribution >= 0.6 is 11.5 Å². The van der Waals surface area contributed by atoms with Crippen LogP contribution in [0.15, 0.2) is 29.3 Å². The molecular formula is C21H30N6O2S. The Balaban J connectivity index is 1.58. The molecule has 1 aromatic carbocycles. The van der Waals surface area contributed by atoms with Gasteiger partial charge in [-0.05, 0) is 31.5 Å². The zero-order valence-electron chi connectivity index (χ0n) is 17.9. The maximum atomic E-state index is 11.8. The number of aliphatic imine (C=N–C) groups is 1. The van der Waals surface area contributed by atoms with E-state index in [-0.39, 0.29) is 5.97 Å². The molecule has 30 heavy (non-hydrogen) atoms. The number of ether oxygens (including phenoxy) is 1. The van der Waals surface area contributed by atoms with Crippen LogP contribution in [0.5, 0.6) is 0 Å². The topological polar surface area (TPSA) is 83.0 Å². The molecule has 0 spiro atoms. The van der Waals surface area contributed by atoms with Gasteiger partial charge in [-0.15, -0.1) is 0 Å². The molecule has 0 radical (unpaired) electrons. The first-order valence-electron chi connectivity index (χ1n) is 10.5. The van der Waals surface area contributed by atoms with E-state index in [2.05, 4.69) is 38.3 Å². The summed E-state index contributed by atoms with van der Waals surface area (Å²) in [4.78, 5) is 25.8. The Hall–Kier alpha value is -2.68. The molecule has 1 fully saturated rings. The molecule has 3 rings (SSSR count). The number of hydrogen-bond acceptors (Lipinski definition) is 7. The lowest BCUT2D eigenvalue weighted by atomic mass is 10.1. The molecule has 1 aliphatic heterocycles. The maximum absolute atomic E-state index is 11.8. The van der Waals surface area contributed by atoms with E-state index in [0.717, 1.165) is 61.6 Å². The number of aryl methyl sites for hydroxylation is 1. The molecule has 1 aliphatic rings. The van der Waals surface area contributed by atoms with Crippen LogP contribution in [-0.4, -0.2) is 65.5 Å². The molecule has 1 saturated heterocycles. The van der Waals surface area contributed by atoms with E-state index in [9.17, 15) is 4.79 Å². The first kappa shape index (κ1) is 22.0. The minimum absolute atomic E-state index is 0.291. The zero-order valence-corrected chi connectivity index (χ0v) is 18.7. The van der Waals surface area contributed by atoms with Crippen molar-refractivity contribution in [3.8, 4) is 0 Å². The predicted octanol–water partition coefficient (Wildman–Crippen LogP) is 2.56. The number of carbonyl (C=O) groups is 1. The van der Waals surface area contributed by atoms with Gasteiger partial charge in [0, 0.05) is 50.7 Å². The van der Waals surface area contributed by atoms with Gasteiger partial charge in [0.1, 0.15) is 5.82 Å². The highest BCUT2D eigenvalue weighted by Gasteiger charge is 2.22. The molecule has 0 unspecified atom stereocenters. The molecule has 0 atom stereocenters. The Morgan fingerprint density at radius 2 is 1.90 bits per heavy atom. The van der Waals surface area contributed by atoms with Crippen molar-refractivity contribution in [3.63, 3.8) is 0 Å². The first-order chi connectivity index (χ1) is 14.6. The smallest absolute Gasteiger partial charge is 0.338 e. The third kappa shape index (κ3) is 5.69. The summed E-state index contributed by atoms with van der Waals surface area (Å²) < 4.78 is 9.42. The lowest BCUT2D eigenvalue weighted by Crippen LogP contribution is -2.52. The fraction of sp³-hybridized carbons (Fsp3) is 0.524. The summed E-state index contributed by atoms with van der Waals surface area (Å²) in [5, 5.41) is 4.40. The van der Waals surface area contributed by atoms with Crippen LogP contribution in [0.4, 0.5) is 5.13 Å². The van der Waals surface area contributed by atoms with Crippen LogP contribution in [0.3, 0.4) is 0 Å². The number of hydrogen-bond donors (Lipinski definition) is 1. The molecule has 2 aromatic rings. The fourth-order valence-electron chi connectivity index (χ4n) is 3.18. The Morgan fingerprint density at radius 1 is 1.17 bits per heavy atom. The third-order valence-corrected chi connectivity index (χ3v) is 5.65. The number of nitrogens with one attached hydrogen (secondary N) is 1. The van der Waals surface area contributed by atoms with Crippen molar-refractivity contribution in [3.05, 3.63) is 41.2 Å². The molecule has 0 amide bonds. The highest BCUT2D eigenvalue weighted by molar-refractivity contribution is 7.09. The second-order valence-corrected chi connectivity index (χ2v) is 7.64. The van der Waals surface area contributed by atoms with Crippen molar-refractivity contribution in [2.24, 2.45) is 4.99 Å². The monoisotopic (exact) mass is 430 g/mol. The van der Waals surface area contributed by atoms with Gasteiger partial charge in [0.05, 0.1) is 18.7 Å². The van der Waals surface area contributed by atoms with E-state index < -0.39 is 0 Å². The highest BCUT2D eigenvalue weighted by Crippen LogP contribution is 2.19. The molecule has 0 saturated carbocycles. The number of carbonyl (C=O) groups excluding carboxylic acids is 1. The predicted molar refractivity (Wildman–Crippen MR) is 120 cm³/mol. The number of benzene rings is 1. The summed E-state index contributed by atoms with van der Waals surface area (Å²) in [6.07, 6.45) is 0.870. The largest absolute Gasteiger partial charge is 0.462 e. The van der Waals surface area contributed by atoms with Gasteiger partial charge in [-0.3, -0.25) is 0 Å². The molecule has 0 aliphatic carbocycles. The Morgan fingerprint density at radius 3 is 2.50 bits per heavy atom. The van der Waals surface area contributed by atoms with Crippen molar-refractivity contribution in [1.82, 2.24) is 19.6 Å². The number of rotatable bonds is 7. The van der Waals surface area contributed by atoms with Gasteiger partial charge < -0.3 is 19.9 Å². The minimum Gasteiger partial charge on any atom is -0.462 e. The van der Waals surface area contributed by atoms with Gasteiger partial charge in [-0.1, -0.05) is 19.1 Å². The quantitative estimate of drug-likeness (QED) is 0.411. The van der Waals surface area contributed by atoms with Gasteiger partial charge in [0.2, 0.25) is 5.13 Å². The van der Waals surface area contributed by atoms with Crippen molar-refractivity contribution in [2.45, 2.75) is 33.7 Å². The van der Waals surface area contributed by atoms with Crippen LogP contribution in [0, 0.1) is 0 Å². The van der Waals surface area contributed by atoms with Gasteiger partial charge in [0.15, 0.2) is 5.96 Å². The van der Waals surface area contributed by atoms with Gasteiger partial charge in [0.25, 0.3) is 0 Å². The molecule has 1 aromatic heterocycles. The average Bonchev–Trinajstić information content (AvgIpc) is 3.27.